The third-order valence-electron chi connectivity index (χ3n) is 3.03. The van der Waals surface area contributed by atoms with Crippen LogP contribution in [0, 0.1) is 0 Å². The molecule has 2 rings (SSSR count). The van der Waals surface area contributed by atoms with Gasteiger partial charge in [-0.3, -0.25) is 4.79 Å². The number of nitrogens with one attached hydrogen (secondary N) is 1. The summed E-state index contributed by atoms with van der Waals surface area (Å²) in [6.07, 6.45) is -0.654. The lowest BCUT2D eigenvalue weighted by atomic mass is 10.2. The van der Waals surface area contributed by atoms with Gasteiger partial charge in [0.05, 0.1) is 13.2 Å². The summed E-state index contributed by atoms with van der Waals surface area (Å²) in [5.41, 5.74) is 1.09. The maximum absolute atomic E-state index is 11.2. The number of carbonyl (C=O) groups excluding carboxylic acids is 1. The monoisotopic (exact) mass is 265 g/mol. The summed E-state index contributed by atoms with van der Waals surface area (Å²) < 4.78 is 16.5. The Morgan fingerprint density at radius 1 is 1.42 bits per heavy atom. The van der Waals surface area contributed by atoms with E-state index in [1.165, 1.54) is 6.92 Å². The molecule has 1 aliphatic heterocycles. The SMILES string of the molecule is CO[C@H]1OC[C@@H](OCc2ccccc2)[C@@H]1NC(C)=O. The molecule has 1 saturated heterocycles. The van der Waals surface area contributed by atoms with Gasteiger partial charge >= 0.3 is 0 Å². The Morgan fingerprint density at radius 2 is 2.16 bits per heavy atom. The van der Waals surface area contributed by atoms with Crippen LogP contribution in [0.5, 0.6) is 0 Å². The summed E-state index contributed by atoms with van der Waals surface area (Å²) in [5, 5.41) is 2.82. The molecule has 5 nitrogen and oxygen atoms in total. The average molecular weight is 265 g/mol. The molecule has 0 saturated carbocycles. The summed E-state index contributed by atoms with van der Waals surface area (Å²) in [6, 6.07) is 9.61. The van der Waals surface area contributed by atoms with E-state index >= 15 is 0 Å². The molecule has 19 heavy (non-hydrogen) atoms. The fraction of sp³-hybridized carbons (Fsp3) is 0.500. The summed E-state index contributed by atoms with van der Waals surface area (Å²) in [4.78, 5) is 11.2. The summed E-state index contributed by atoms with van der Waals surface area (Å²) >= 11 is 0. The zero-order chi connectivity index (χ0) is 13.7. The number of rotatable bonds is 5. The first-order chi connectivity index (χ1) is 9.20. The van der Waals surface area contributed by atoms with E-state index in [9.17, 15) is 4.79 Å². The Bertz CT molecular complexity index is 409. The van der Waals surface area contributed by atoms with Gasteiger partial charge in [-0.2, -0.15) is 0 Å². The van der Waals surface area contributed by atoms with Gasteiger partial charge in [-0.05, 0) is 5.56 Å². The van der Waals surface area contributed by atoms with Gasteiger partial charge in [0.1, 0.15) is 12.1 Å². The number of carbonyl (C=O) groups is 1. The lowest BCUT2D eigenvalue weighted by Gasteiger charge is -2.22. The molecule has 0 radical (unpaired) electrons. The molecular formula is C14H19NO4. The predicted molar refractivity (Wildman–Crippen MR) is 69.4 cm³/mol. The van der Waals surface area contributed by atoms with Gasteiger partial charge in [0.15, 0.2) is 6.29 Å². The largest absolute Gasteiger partial charge is 0.369 e. The van der Waals surface area contributed by atoms with Gasteiger partial charge in [0, 0.05) is 14.0 Å². The van der Waals surface area contributed by atoms with Crippen molar-refractivity contribution in [1.29, 1.82) is 0 Å². The van der Waals surface area contributed by atoms with Crippen LogP contribution in [-0.4, -0.2) is 38.1 Å². The molecule has 1 aromatic rings. The highest BCUT2D eigenvalue weighted by atomic mass is 16.7. The first-order valence-corrected chi connectivity index (χ1v) is 6.27. The fourth-order valence-corrected chi connectivity index (χ4v) is 2.11. The summed E-state index contributed by atoms with van der Waals surface area (Å²) in [5.74, 6) is -0.120. The molecule has 0 aromatic heterocycles. The van der Waals surface area contributed by atoms with Crippen LogP contribution in [0.2, 0.25) is 0 Å². The van der Waals surface area contributed by atoms with E-state index in [1.54, 1.807) is 7.11 Å². The topological polar surface area (TPSA) is 56.8 Å². The van der Waals surface area contributed by atoms with Gasteiger partial charge in [-0.25, -0.2) is 0 Å². The maximum Gasteiger partial charge on any atom is 0.217 e. The number of hydrogen-bond acceptors (Lipinski definition) is 4. The van der Waals surface area contributed by atoms with Crippen molar-refractivity contribution in [3.8, 4) is 0 Å². The minimum atomic E-state index is -0.454. The van der Waals surface area contributed by atoms with E-state index in [2.05, 4.69) is 5.32 Å². The second kappa shape index (κ2) is 6.65. The second-order valence-electron chi connectivity index (χ2n) is 4.50. The summed E-state index contributed by atoms with van der Waals surface area (Å²) in [6.45, 7) is 2.37. The first kappa shape index (κ1) is 14.0. The van der Waals surface area contributed by atoms with Crippen molar-refractivity contribution in [1.82, 2.24) is 5.32 Å². The number of hydrogen-bond donors (Lipinski definition) is 1. The third-order valence-corrected chi connectivity index (χ3v) is 3.03. The Kier molecular flexibility index (Phi) is 4.90. The van der Waals surface area contributed by atoms with Gasteiger partial charge in [0.2, 0.25) is 5.91 Å². The number of benzene rings is 1. The molecule has 0 aliphatic carbocycles. The van der Waals surface area contributed by atoms with E-state index in [1.807, 2.05) is 30.3 Å². The molecule has 104 valence electrons. The molecule has 1 fully saturated rings. The molecular weight excluding hydrogens is 246 g/mol. The Morgan fingerprint density at radius 3 is 2.79 bits per heavy atom. The molecule has 0 spiro atoms. The quantitative estimate of drug-likeness (QED) is 0.865. The Hall–Kier alpha value is -1.43. The standard InChI is InChI=1S/C14H19NO4/c1-10(16)15-13-12(9-19-14(13)17-2)18-8-11-6-4-3-5-7-11/h3-7,12-14H,8-9H2,1-2H3,(H,15,16)/t12-,13+,14+/m1/s1. The molecule has 0 bridgehead atoms. The van der Waals surface area contributed by atoms with Crippen LogP contribution in [-0.2, 0) is 25.6 Å². The minimum absolute atomic E-state index is 0.120. The third kappa shape index (κ3) is 3.76. The molecule has 1 heterocycles. The van der Waals surface area contributed by atoms with Crippen molar-refractivity contribution in [3.05, 3.63) is 35.9 Å². The van der Waals surface area contributed by atoms with Crippen molar-refractivity contribution in [2.75, 3.05) is 13.7 Å². The minimum Gasteiger partial charge on any atom is -0.369 e. The van der Waals surface area contributed by atoms with E-state index in [4.69, 9.17) is 14.2 Å². The highest BCUT2D eigenvalue weighted by Gasteiger charge is 2.38. The van der Waals surface area contributed by atoms with Crippen molar-refractivity contribution >= 4 is 5.91 Å². The van der Waals surface area contributed by atoms with Crippen LogP contribution >= 0.6 is 0 Å². The second-order valence-corrected chi connectivity index (χ2v) is 4.50. The number of ether oxygens (including phenoxy) is 3. The predicted octanol–water partition coefficient (Wildman–Crippen LogP) is 1.08. The van der Waals surface area contributed by atoms with Crippen molar-refractivity contribution in [2.24, 2.45) is 0 Å². The van der Waals surface area contributed by atoms with Crippen molar-refractivity contribution < 1.29 is 19.0 Å². The molecule has 0 unspecified atom stereocenters. The maximum atomic E-state index is 11.2. The fourth-order valence-electron chi connectivity index (χ4n) is 2.11. The van der Waals surface area contributed by atoms with Gasteiger partial charge in [0.25, 0.3) is 0 Å². The Balaban J connectivity index is 1.93. The number of methoxy groups -OCH3 is 1. The zero-order valence-electron chi connectivity index (χ0n) is 11.2. The van der Waals surface area contributed by atoms with E-state index in [-0.39, 0.29) is 18.1 Å². The van der Waals surface area contributed by atoms with E-state index in [0.717, 1.165) is 5.56 Å². The summed E-state index contributed by atoms with van der Waals surface area (Å²) in [7, 11) is 1.55. The average Bonchev–Trinajstić information content (AvgIpc) is 2.79. The van der Waals surface area contributed by atoms with Crippen molar-refractivity contribution in [2.45, 2.75) is 32.0 Å². The first-order valence-electron chi connectivity index (χ1n) is 6.27. The smallest absolute Gasteiger partial charge is 0.217 e. The van der Waals surface area contributed by atoms with Gasteiger partial charge < -0.3 is 19.5 Å². The normalized spacial score (nSPS) is 26.3. The molecule has 5 heteroatoms. The number of amides is 1. The van der Waals surface area contributed by atoms with E-state index in [0.29, 0.717) is 13.2 Å². The van der Waals surface area contributed by atoms with Crippen LogP contribution in [0.3, 0.4) is 0 Å². The van der Waals surface area contributed by atoms with Crippen LogP contribution in [0.1, 0.15) is 12.5 Å². The van der Waals surface area contributed by atoms with E-state index < -0.39 is 6.29 Å². The van der Waals surface area contributed by atoms with Crippen LogP contribution in [0.25, 0.3) is 0 Å². The molecule has 1 aromatic carbocycles. The van der Waals surface area contributed by atoms with Gasteiger partial charge in [-0.1, -0.05) is 30.3 Å². The molecule has 3 atom stereocenters. The van der Waals surface area contributed by atoms with Crippen molar-refractivity contribution in [3.63, 3.8) is 0 Å². The molecule has 1 N–H and O–H groups in total. The lowest BCUT2D eigenvalue weighted by Crippen LogP contribution is -2.47. The molecule has 1 aliphatic rings. The highest BCUT2D eigenvalue weighted by molar-refractivity contribution is 5.73. The zero-order valence-corrected chi connectivity index (χ0v) is 11.2. The van der Waals surface area contributed by atoms with Gasteiger partial charge in [-0.15, -0.1) is 0 Å². The lowest BCUT2D eigenvalue weighted by molar-refractivity contribution is -0.127. The van der Waals surface area contributed by atoms with Crippen LogP contribution < -0.4 is 5.32 Å². The highest BCUT2D eigenvalue weighted by Crippen LogP contribution is 2.19. The van der Waals surface area contributed by atoms with Crippen LogP contribution in [0.15, 0.2) is 30.3 Å². The Labute approximate surface area is 112 Å². The van der Waals surface area contributed by atoms with Crippen LogP contribution in [0.4, 0.5) is 0 Å². The molecule has 1 amide bonds.